The zero-order valence-corrected chi connectivity index (χ0v) is 26.0. The first kappa shape index (κ1) is 28.9. The third-order valence-corrected chi connectivity index (χ3v) is 11.1. The van der Waals surface area contributed by atoms with E-state index >= 15 is 0 Å². The number of phenols is 1. The predicted molar refractivity (Wildman–Crippen MR) is 166 cm³/mol. The molecule has 5 aliphatic rings. The third kappa shape index (κ3) is 4.85. The molecule has 3 aliphatic carbocycles. The molecule has 0 radical (unpaired) electrons. The lowest BCUT2D eigenvalue weighted by Crippen LogP contribution is -2.45. The first-order valence-electron chi connectivity index (χ1n) is 15.9. The lowest BCUT2D eigenvalue weighted by Gasteiger charge is -2.50. The topological polar surface area (TPSA) is 83.5 Å². The number of hydrogen-bond donors (Lipinski definition) is 1. The minimum absolute atomic E-state index is 0.00163. The van der Waals surface area contributed by atoms with Crippen LogP contribution in [0, 0.1) is 17.3 Å². The number of aromatic hydroxyl groups is 1. The van der Waals surface area contributed by atoms with Gasteiger partial charge in [0.15, 0.2) is 0 Å². The van der Waals surface area contributed by atoms with E-state index in [0.29, 0.717) is 30.1 Å². The summed E-state index contributed by atoms with van der Waals surface area (Å²) in [5.74, 6) is 5.79. The van der Waals surface area contributed by atoms with Gasteiger partial charge in [0, 0.05) is 35.6 Å². The molecule has 3 aromatic rings. The van der Waals surface area contributed by atoms with E-state index in [1.54, 1.807) is 14.2 Å². The molecule has 2 aliphatic heterocycles. The molecule has 0 aromatic heterocycles. The fourth-order valence-corrected chi connectivity index (χ4v) is 8.99. The summed E-state index contributed by atoms with van der Waals surface area (Å²) in [5.41, 5.74) is 5.20. The van der Waals surface area contributed by atoms with Gasteiger partial charge in [0.25, 0.3) is 0 Å². The summed E-state index contributed by atoms with van der Waals surface area (Å²) < 4.78 is 28.2. The lowest BCUT2D eigenvalue weighted by molar-refractivity contribution is -0.154. The molecule has 232 valence electrons. The number of hydrogen-bond acceptors (Lipinski definition) is 7. The van der Waals surface area contributed by atoms with Gasteiger partial charge in [-0.25, -0.2) is 0 Å². The lowest BCUT2D eigenvalue weighted by atomic mass is 9.55. The summed E-state index contributed by atoms with van der Waals surface area (Å²) in [5, 5.41) is 9.75. The minimum atomic E-state index is -0.136. The number of aryl methyl sites for hydroxylation is 1. The molecule has 2 fully saturated rings. The Morgan fingerprint density at radius 3 is 2.34 bits per heavy atom. The van der Waals surface area contributed by atoms with Crippen LogP contribution in [0.2, 0.25) is 0 Å². The number of ether oxygens (including phenoxy) is 5. The standard InChI is InChI=1S/C20H26O3.C17H16O4/c1-12(21)23-19-8-7-18-17-5-3-13-11-14(22)4-6-15(13)16(17)9-10-20(18,19)2;1-18-10-4-6-13-15(7-10)20-9-14-12-5-3-11(19-2)8-16(12)21-17(13)14/h4,6,11,16-19,22H,3,5,7-10H2,1-2H3;3-8,14,17H,9H2,1-2H3. The molecule has 8 rings (SSSR count). The predicted octanol–water partition coefficient (Wildman–Crippen LogP) is 7.49. The van der Waals surface area contributed by atoms with Gasteiger partial charge in [-0.2, -0.15) is 0 Å². The Morgan fingerprint density at radius 2 is 1.59 bits per heavy atom. The highest BCUT2D eigenvalue weighted by molar-refractivity contribution is 5.66. The zero-order valence-electron chi connectivity index (χ0n) is 26.0. The fourth-order valence-electron chi connectivity index (χ4n) is 8.99. The van der Waals surface area contributed by atoms with Crippen molar-refractivity contribution in [1.29, 1.82) is 0 Å². The van der Waals surface area contributed by atoms with Crippen molar-refractivity contribution < 1.29 is 33.6 Å². The van der Waals surface area contributed by atoms with Crippen molar-refractivity contribution in [2.45, 2.75) is 76.4 Å². The maximum Gasteiger partial charge on any atom is 0.302 e. The van der Waals surface area contributed by atoms with Crippen molar-refractivity contribution in [3.05, 3.63) is 76.9 Å². The first-order chi connectivity index (χ1) is 21.3. The molecule has 1 N–H and O–H groups in total. The minimum Gasteiger partial charge on any atom is -0.508 e. The van der Waals surface area contributed by atoms with Gasteiger partial charge in [-0.3, -0.25) is 4.79 Å². The van der Waals surface area contributed by atoms with Crippen molar-refractivity contribution in [2.24, 2.45) is 17.3 Å². The summed E-state index contributed by atoms with van der Waals surface area (Å²) in [7, 11) is 3.32. The molecule has 0 spiro atoms. The summed E-state index contributed by atoms with van der Waals surface area (Å²) >= 11 is 0. The number of phenolic OH excluding ortho intramolecular Hbond substituents is 1. The maximum atomic E-state index is 11.4. The molecule has 0 bridgehead atoms. The average Bonchev–Trinajstić information content (AvgIpc) is 3.57. The van der Waals surface area contributed by atoms with E-state index in [1.807, 2.05) is 42.5 Å². The second-order valence-electron chi connectivity index (χ2n) is 13.3. The second-order valence-corrected chi connectivity index (χ2v) is 13.3. The summed E-state index contributed by atoms with van der Waals surface area (Å²) in [4.78, 5) is 11.4. The number of methoxy groups -OCH3 is 2. The van der Waals surface area contributed by atoms with E-state index < -0.39 is 0 Å². The first-order valence-corrected chi connectivity index (χ1v) is 15.9. The summed E-state index contributed by atoms with van der Waals surface area (Å²) in [6, 6.07) is 17.8. The van der Waals surface area contributed by atoms with Gasteiger partial charge >= 0.3 is 5.97 Å². The average molecular weight is 599 g/mol. The van der Waals surface area contributed by atoms with Gasteiger partial charge in [-0.1, -0.05) is 19.1 Å². The molecule has 2 heterocycles. The molecule has 44 heavy (non-hydrogen) atoms. The Balaban J connectivity index is 0.000000143. The number of rotatable bonds is 3. The highest BCUT2D eigenvalue weighted by atomic mass is 16.5. The molecule has 7 heteroatoms. The third-order valence-electron chi connectivity index (χ3n) is 11.1. The molecule has 7 nitrogen and oxygen atoms in total. The zero-order chi connectivity index (χ0) is 30.6. The Hall–Kier alpha value is -3.87. The van der Waals surface area contributed by atoms with Gasteiger partial charge in [0.2, 0.25) is 0 Å². The Morgan fingerprint density at radius 1 is 0.864 bits per heavy atom. The van der Waals surface area contributed by atoms with Gasteiger partial charge in [0.1, 0.15) is 41.0 Å². The van der Waals surface area contributed by atoms with Crippen molar-refractivity contribution in [1.82, 2.24) is 0 Å². The molecular formula is C37H42O7. The molecule has 7 atom stereocenters. The SMILES string of the molecule is CC(=O)OC1CCC2C3CCc4cc(O)ccc4C3CCC12C.COc1ccc2c(c1)OC1c3ccc(OC)cc3OCC21. The van der Waals surface area contributed by atoms with Gasteiger partial charge < -0.3 is 28.8 Å². The van der Waals surface area contributed by atoms with Gasteiger partial charge in [-0.15, -0.1) is 0 Å². The monoisotopic (exact) mass is 598 g/mol. The van der Waals surface area contributed by atoms with Crippen LogP contribution in [0.3, 0.4) is 0 Å². The van der Waals surface area contributed by atoms with Crippen LogP contribution < -0.4 is 18.9 Å². The maximum absolute atomic E-state index is 11.4. The van der Waals surface area contributed by atoms with Crippen LogP contribution in [0.1, 0.15) is 86.1 Å². The smallest absolute Gasteiger partial charge is 0.302 e. The molecular weight excluding hydrogens is 556 g/mol. The molecule has 2 saturated carbocycles. The summed E-state index contributed by atoms with van der Waals surface area (Å²) in [6.07, 6.45) is 6.89. The van der Waals surface area contributed by atoms with Crippen molar-refractivity contribution in [2.75, 3.05) is 20.8 Å². The van der Waals surface area contributed by atoms with Crippen LogP contribution in [0.15, 0.2) is 54.6 Å². The van der Waals surface area contributed by atoms with Crippen LogP contribution in [0.25, 0.3) is 0 Å². The van der Waals surface area contributed by atoms with Crippen LogP contribution in [0.4, 0.5) is 0 Å². The highest BCUT2D eigenvalue weighted by Crippen LogP contribution is 2.61. The Kier molecular flexibility index (Phi) is 7.38. The van der Waals surface area contributed by atoms with Crippen molar-refractivity contribution >= 4 is 5.97 Å². The number of carbonyl (C=O) groups excluding carboxylic acids is 1. The largest absolute Gasteiger partial charge is 0.508 e. The normalized spacial score (nSPS) is 30.3. The Bertz CT molecular complexity index is 1570. The van der Waals surface area contributed by atoms with Crippen LogP contribution in [0.5, 0.6) is 28.7 Å². The highest BCUT2D eigenvalue weighted by Gasteiger charge is 2.56. The van der Waals surface area contributed by atoms with E-state index in [-0.39, 0.29) is 29.5 Å². The van der Waals surface area contributed by atoms with E-state index in [1.165, 1.54) is 42.9 Å². The van der Waals surface area contributed by atoms with Crippen molar-refractivity contribution in [3.8, 4) is 28.7 Å². The molecule has 7 unspecified atom stereocenters. The van der Waals surface area contributed by atoms with Gasteiger partial charge in [0.05, 0.1) is 26.7 Å². The Labute approximate surface area is 259 Å². The van der Waals surface area contributed by atoms with Gasteiger partial charge in [-0.05, 0) is 97.7 Å². The quantitative estimate of drug-likeness (QED) is 0.313. The van der Waals surface area contributed by atoms with Crippen LogP contribution >= 0.6 is 0 Å². The van der Waals surface area contributed by atoms with Crippen LogP contribution in [-0.4, -0.2) is 38.0 Å². The number of carbonyl (C=O) groups is 1. The number of fused-ring (bicyclic) bond motifs is 10. The van der Waals surface area contributed by atoms with Crippen LogP contribution in [-0.2, 0) is 16.0 Å². The molecule has 3 aromatic carbocycles. The van der Waals surface area contributed by atoms with E-state index in [4.69, 9.17) is 23.7 Å². The van der Waals surface area contributed by atoms with E-state index in [0.717, 1.165) is 47.8 Å². The summed E-state index contributed by atoms with van der Waals surface area (Å²) in [6.45, 7) is 4.50. The number of benzene rings is 3. The molecule has 0 saturated heterocycles. The van der Waals surface area contributed by atoms with Crippen molar-refractivity contribution in [3.63, 3.8) is 0 Å². The fraction of sp³-hybridized carbons (Fsp3) is 0.486. The molecule has 0 amide bonds. The number of esters is 1. The van der Waals surface area contributed by atoms with E-state index in [2.05, 4.69) is 19.1 Å². The van der Waals surface area contributed by atoms with E-state index in [9.17, 15) is 9.90 Å². The second kappa shape index (κ2) is 11.2.